The van der Waals surface area contributed by atoms with E-state index in [1.165, 1.54) is 32.1 Å². The van der Waals surface area contributed by atoms with Gasteiger partial charge in [0, 0.05) is 19.3 Å². The van der Waals surface area contributed by atoms with E-state index in [1.54, 1.807) is 6.20 Å². The zero-order chi connectivity index (χ0) is 12.8. The van der Waals surface area contributed by atoms with Crippen LogP contribution >= 0.6 is 0 Å². The Morgan fingerprint density at radius 1 is 1.22 bits per heavy atom. The van der Waals surface area contributed by atoms with Gasteiger partial charge >= 0.3 is 0 Å². The summed E-state index contributed by atoms with van der Waals surface area (Å²) in [5, 5.41) is 11.9. The molecule has 2 heterocycles. The van der Waals surface area contributed by atoms with Gasteiger partial charge in [-0.3, -0.25) is 4.98 Å². The number of nitrogens with two attached hydrogens (primary N) is 1. The molecule has 1 aliphatic rings. The molecule has 0 aromatic carbocycles. The van der Waals surface area contributed by atoms with Crippen LogP contribution in [0.2, 0.25) is 0 Å². The van der Waals surface area contributed by atoms with Crippen molar-refractivity contribution in [3.8, 4) is 0 Å². The van der Waals surface area contributed by atoms with Gasteiger partial charge in [-0.15, -0.1) is 0 Å². The molecule has 98 valence electrons. The molecule has 0 radical (unpaired) electrons. The zero-order valence-electron chi connectivity index (χ0n) is 10.5. The summed E-state index contributed by atoms with van der Waals surface area (Å²) in [7, 11) is 0. The first-order valence-corrected chi connectivity index (χ1v) is 6.51. The molecule has 18 heavy (non-hydrogen) atoms. The molecule has 2 rings (SSSR count). The minimum absolute atomic E-state index is 0.0765. The summed E-state index contributed by atoms with van der Waals surface area (Å²) in [4.78, 5) is 6.51. The first-order chi connectivity index (χ1) is 8.83. The average molecular weight is 248 g/mol. The van der Waals surface area contributed by atoms with E-state index in [1.807, 2.05) is 12.1 Å². The van der Waals surface area contributed by atoms with Crippen LogP contribution in [-0.2, 0) is 0 Å². The maximum absolute atomic E-state index is 8.82. The molecule has 0 atom stereocenters. The molecule has 0 saturated carbocycles. The highest BCUT2D eigenvalue weighted by Crippen LogP contribution is 2.21. The van der Waals surface area contributed by atoms with Crippen molar-refractivity contribution in [2.45, 2.75) is 32.1 Å². The van der Waals surface area contributed by atoms with Crippen LogP contribution in [-0.4, -0.2) is 29.1 Å². The first kappa shape index (κ1) is 12.7. The van der Waals surface area contributed by atoms with Gasteiger partial charge in [0.1, 0.15) is 5.69 Å². The van der Waals surface area contributed by atoms with Gasteiger partial charge in [0.15, 0.2) is 5.84 Å². The summed E-state index contributed by atoms with van der Waals surface area (Å²) in [6.45, 7) is 2.02. The van der Waals surface area contributed by atoms with Gasteiger partial charge in [-0.2, -0.15) is 0 Å². The van der Waals surface area contributed by atoms with Crippen molar-refractivity contribution in [1.82, 2.24) is 4.98 Å². The summed E-state index contributed by atoms with van der Waals surface area (Å²) in [6.07, 6.45) is 7.91. The Morgan fingerprint density at radius 3 is 2.56 bits per heavy atom. The molecule has 5 heteroatoms. The third-order valence-electron chi connectivity index (χ3n) is 3.33. The van der Waals surface area contributed by atoms with Crippen LogP contribution in [0, 0.1) is 0 Å². The molecule has 0 amide bonds. The van der Waals surface area contributed by atoms with Crippen molar-refractivity contribution in [1.29, 1.82) is 0 Å². The van der Waals surface area contributed by atoms with Crippen LogP contribution in [0.5, 0.6) is 0 Å². The van der Waals surface area contributed by atoms with Gasteiger partial charge in [0.25, 0.3) is 0 Å². The Morgan fingerprint density at radius 2 is 1.89 bits per heavy atom. The highest BCUT2D eigenvalue weighted by atomic mass is 16.4. The topological polar surface area (TPSA) is 74.7 Å². The van der Waals surface area contributed by atoms with Crippen LogP contribution in [0.4, 0.5) is 5.69 Å². The summed E-state index contributed by atoms with van der Waals surface area (Å²) in [5.74, 6) is 0.0765. The van der Waals surface area contributed by atoms with Crippen molar-refractivity contribution in [2.75, 3.05) is 18.0 Å². The quantitative estimate of drug-likeness (QED) is 0.363. The smallest absolute Gasteiger partial charge is 0.190 e. The molecule has 3 N–H and O–H groups in total. The molecule has 0 spiro atoms. The van der Waals surface area contributed by atoms with Crippen LogP contribution in [0.15, 0.2) is 23.5 Å². The van der Waals surface area contributed by atoms with Crippen LogP contribution < -0.4 is 10.6 Å². The SMILES string of the molecule is N/C(=N/O)c1ncccc1N1CCCCCCC1. The molecule has 1 aliphatic heterocycles. The number of aromatic nitrogens is 1. The molecule has 1 aromatic heterocycles. The zero-order valence-corrected chi connectivity index (χ0v) is 10.5. The van der Waals surface area contributed by atoms with Gasteiger partial charge < -0.3 is 15.8 Å². The number of rotatable bonds is 2. The van der Waals surface area contributed by atoms with E-state index in [0.29, 0.717) is 5.69 Å². The molecule has 5 nitrogen and oxygen atoms in total. The van der Waals surface area contributed by atoms with Crippen LogP contribution in [0.1, 0.15) is 37.8 Å². The van der Waals surface area contributed by atoms with Gasteiger partial charge in [0.05, 0.1) is 5.69 Å². The van der Waals surface area contributed by atoms with Crippen molar-refractivity contribution in [3.63, 3.8) is 0 Å². The maximum atomic E-state index is 8.82. The van der Waals surface area contributed by atoms with E-state index in [-0.39, 0.29) is 5.84 Å². The van der Waals surface area contributed by atoms with Crippen molar-refractivity contribution < 1.29 is 5.21 Å². The predicted octanol–water partition coefficient (Wildman–Crippen LogP) is 1.95. The molecule has 1 fully saturated rings. The predicted molar refractivity (Wildman–Crippen MR) is 72.0 cm³/mol. The van der Waals surface area contributed by atoms with E-state index in [2.05, 4.69) is 15.0 Å². The van der Waals surface area contributed by atoms with Crippen molar-refractivity contribution >= 4 is 11.5 Å². The third kappa shape index (κ3) is 2.91. The normalized spacial score (nSPS) is 18.2. The number of amidine groups is 1. The Bertz CT molecular complexity index is 411. The van der Waals surface area contributed by atoms with Crippen molar-refractivity contribution in [3.05, 3.63) is 24.0 Å². The van der Waals surface area contributed by atoms with E-state index >= 15 is 0 Å². The van der Waals surface area contributed by atoms with Crippen molar-refractivity contribution in [2.24, 2.45) is 10.9 Å². The molecule has 1 aromatic rings. The maximum Gasteiger partial charge on any atom is 0.190 e. The summed E-state index contributed by atoms with van der Waals surface area (Å²) < 4.78 is 0. The third-order valence-corrected chi connectivity index (χ3v) is 3.33. The number of anilines is 1. The van der Waals surface area contributed by atoms with Crippen LogP contribution in [0.25, 0.3) is 0 Å². The van der Waals surface area contributed by atoms with E-state index in [9.17, 15) is 0 Å². The lowest BCUT2D eigenvalue weighted by molar-refractivity contribution is 0.318. The second-order valence-corrected chi connectivity index (χ2v) is 4.61. The van der Waals surface area contributed by atoms with Gasteiger partial charge in [-0.25, -0.2) is 0 Å². The average Bonchev–Trinajstić information content (AvgIpc) is 2.38. The minimum atomic E-state index is 0.0765. The van der Waals surface area contributed by atoms with Gasteiger partial charge in [-0.1, -0.05) is 24.4 Å². The summed E-state index contributed by atoms with van der Waals surface area (Å²) >= 11 is 0. The molecule has 1 saturated heterocycles. The van der Waals surface area contributed by atoms with E-state index in [0.717, 1.165) is 18.8 Å². The standard InChI is InChI=1S/C13H20N4O/c14-13(16-18)12-11(7-6-8-15-12)17-9-4-2-1-3-5-10-17/h6-8,18H,1-5,9-10H2,(H2,14,16). The summed E-state index contributed by atoms with van der Waals surface area (Å²) in [5.41, 5.74) is 7.22. The largest absolute Gasteiger partial charge is 0.409 e. The van der Waals surface area contributed by atoms with E-state index < -0.39 is 0 Å². The fraction of sp³-hybridized carbons (Fsp3) is 0.538. The second-order valence-electron chi connectivity index (χ2n) is 4.61. The fourth-order valence-electron chi connectivity index (χ4n) is 2.39. The molecular formula is C13H20N4O. The number of hydrogen-bond donors (Lipinski definition) is 2. The van der Waals surface area contributed by atoms with Gasteiger partial charge in [0.2, 0.25) is 0 Å². The fourth-order valence-corrected chi connectivity index (χ4v) is 2.39. The lowest BCUT2D eigenvalue weighted by Gasteiger charge is -2.28. The highest BCUT2D eigenvalue weighted by Gasteiger charge is 2.15. The Kier molecular flexibility index (Phi) is 4.39. The Hall–Kier alpha value is -1.78. The number of nitrogens with zero attached hydrogens (tertiary/aromatic N) is 3. The molecular weight excluding hydrogens is 228 g/mol. The Balaban J connectivity index is 2.25. The number of pyridine rings is 1. The lowest BCUT2D eigenvalue weighted by Crippen LogP contribution is -2.30. The number of hydrogen-bond acceptors (Lipinski definition) is 4. The first-order valence-electron chi connectivity index (χ1n) is 6.51. The van der Waals surface area contributed by atoms with E-state index in [4.69, 9.17) is 10.9 Å². The minimum Gasteiger partial charge on any atom is -0.409 e. The Labute approximate surface area is 107 Å². The molecule has 0 unspecified atom stereocenters. The second kappa shape index (κ2) is 6.23. The monoisotopic (exact) mass is 248 g/mol. The molecule has 0 bridgehead atoms. The summed E-state index contributed by atoms with van der Waals surface area (Å²) in [6, 6.07) is 3.88. The molecule has 0 aliphatic carbocycles. The highest BCUT2D eigenvalue weighted by molar-refractivity contribution is 6.00. The number of oxime groups is 1. The van der Waals surface area contributed by atoms with Gasteiger partial charge in [-0.05, 0) is 25.0 Å². The lowest BCUT2D eigenvalue weighted by atomic mass is 10.1. The van der Waals surface area contributed by atoms with Crippen LogP contribution in [0.3, 0.4) is 0 Å².